The summed E-state index contributed by atoms with van der Waals surface area (Å²) >= 11 is 0. The molecule has 0 fully saturated rings. The van der Waals surface area contributed by atoms with Crippen LogP contribution in [0, 0.1) is 17.7 Å². The highest BCUT2D eigenvalue weighted by Crippen LogP contribution is 2.18. The fourth-order valence-electron chi connectivity index (χ4n) is 1.90. The van der Waals surface area contributed by atoms with E-state index in [2.05, 4.69) is 11.8 Å². The number of hydrogen-bond acceptors (Lipinski definition) is 4. The Bertz CT molecular complexity index is 757. The minimum absolute atomic E-state index is 0.108. The molecule has 0 atom stereocenters. The smallest absolute Gasteiger partial charge is 0.308 e. The van der Waals surface area contributed by atoms with Crippen LogP contribution in [0.5, 0.6) is 11.5 Å². The summed E-state index contributed by atoms with van der Waals surface area (Å²) in [5, 5.41) is 0. The topological polar surface area (TPSA) is 44.8 Å². The molecule has 0 heterocycles. The second-order valence-corrected chi connectivity index (χ2v) is 4.88. The van der Waals surface area contributed by atoms with E-state index in [4.69, 9.17) is 14.2 Å². The molecule has 0 aliphatic heterocycles. The maximum atomic E-state index is 13.7. The summed E-state index contributed by atoms with van der Waals surface area (Å²) in [6, 6.07) is 11.7. The molecule has 0 saturated carbocycles. The van der Waals surface area contributed by atoms with Gasteiger partial charge in [-0.05, 0) is 35.9 Å². The van der Waals surface area contributed by atoms with Gasteiger partial charge in [0.2, 0.25) is 0 Å². The lowest BCUT2D eigenvalue weighted by atomic mass is 10.2. The molecular weight excluding hydrogens is 311 g/mol. The monoisotopic (exact) mass is 328 g/mol. The fourth-order valence-corrected chi connectivity index (χ4v) is 1.90. The van der Waals surface area contributed by atoms with Gasteiger partial charge in [0.25, 0.3) is 0 Å². The molecule has 0 radical (unpaired) electrons. The van der Waals surface area contributed by atoms with Gasteiger partial charge in [0.1, 0.15) is 12.4 Å². The van der Waals surface area contributed by atoms with Gasteiger partial charge in [-0.15, -0.1) is 0 Å². The Balaban J connectivity index is 1.84. The molecule has 0 aliphatic rings. The lowest BCUT2D eigenvalue weighted by Crippen LogP contribution is -2.03. The first-order valence-corrected chi connectivity index (χ1v) is 7.26. The lowest BCUT2D eigenvalue weighted by molar-refractivity contribution is -0.132. The molecule has 4 nitrogen and oxygen atoms in total. The van der Waals surface area contributed by atoms with Crippen molar-refractivity contribution in [2.45, 2.75) is 13.5 Å². The summed E-state index contributed by atoms with van der Waals surface area (Å²) < 4.78 is 28.9. The van der Waals surface area contributed by atoms with Crippen molar-refractivity contribution in [3.8, 4) is 23.3 Å². The van der Waals surface area contributed by atoms with Crippen LogP contribution in [0.2, 0.25) is 0 Å². The Morgan fingerprint density at radius 2 is 1.92 bits per heavy atom. The molecule has 2 aromatic carbocycles. The van der Waals surface area contributed by atoms with E-state index in [1.807, 2.05) is 24.3 Å². The highest BCUT2D eigenvalue weighted by atomic mass is 19.1. The number of benzene rings is 2. The van der Waals surface area contributed by atoms with Crippen LogP contribution in [0.3, 0.4) is 0 Å². The van der Waals surface area contributed by atoms with Crippen molar-refractivity contribution in [2.75, 3.05) is 13.7 Å². The van der Waals surface area contributed by atoms with E-state index < -0.39 is 11.8 Å². The first-order chi connectivity index (χ1) is 11.6. The highest BCUT2D eigenvalue weighted by Gasteiger charge is 2.05. The van der Waals surface area contributed by atoms with Crippen molar-refractivity contribution in [1.29, 1.82) is 0 Å². The van der Waals surface area contributed by atoms with Gasteiger partial charge in [-0.25, -0.2) is 4.39 Å². The van der Waals surface area contributed by atoms with Crippen LogP contribution in [0.15, 0.2) is 42.5 Å². The third-order valence-corrected chi connectivity index (χ3v) is 3.02. The van der Waals surface area contributed by atoms with E-state index in [-0.39, 0.29) is 12.4 Å². The fraction of sp³-hybridized carbons (Fsp3) is 0.211. The maximum absolute atomic E-state index is 13.7. The molecule has 2 aromatic rings. The number of ether oxygens (including phenoxy) is 3. The zero-order valence-corrected chi connectivity index (χ0v) is 13.5. The Kier molecular flexibility index (Phi) is 6.35. The normalized spacial score (nSPS) is 9.79. The van der Waals surface area contributed by atoms with Crippen LogP contribution in [0.25, 0.3) is 0 Å². The Labute approximate surface area is 140 Å². The molecule has 0 N–H and O–H groups in total. The molecule has 0 aromatic heterocycles. The summed E-state index contributed by atoms with van der Waals surface area (Å²) in [4.78, 5) is 10.8. The van der Waals surface area contributed by atoms with E-state index in [0.29, 0.717) is 12.2 Å². The third-order valence-electron chi connectivity index (χ3n) is 3.02. The first-order valence-electron chi connectivity index (χ1n) is 7.26. The standard InChI is InChI=1S/C19H17FO4/c1-14(21)24-19-10-7-15(12-18(19)20)4-3-11-23-13-16-5-8-17(22-2)9-6-16/h5-10,12H,11,13H2,1-2H3. The minimum atomic E-state index is -0.629. The van der Waals surface area contributed by atoms with Crippen LogP contribution in [0.4, 0.5) is 4.39 Å². The number of hydrogen-bond donors (Lipinski definition) is 0. The number of rotatable bonds is 5. The molecule has 0 aliphatic carbocycles. The van der Waals surface area contributed by atoms with Crippen molar-refractivity contribution in [1.82, 2.24) is 0 Å². The number of methoxy groups -OCH3 is 1. The quantitative estimate of drug-likeness (QED) is 0.365. The van der Waals surface area contributed by atoms with E-state index in [9.17, 15) is 9.18 Å². The van der Waals surface area contributed by atoms with Crippen molar-refractivity contribution in [3.05, 3.63) is 59.4 Å². The molecule has 0 unspecified atom stereocenters. The summed E-state index contributed by atoms with van der Waals surface area (Å²) in [6.07, 6.45) is 0. The van der Waals surface area contributed by atoms with Crippen LogP contribution in [-0.4, -0.2) is 19.7 Å². The predicted octanol–water partition coefficient (Wildman–Crippen LogP) is 3.33. The Morgan fingerprint density at radius 3 is 2.54 bits per heavy atom. The van der Waals surface area contributed by atoms with Crippen molar-refractivity contribution < 1.29 is 23.4 Å². The molecule has 24 heavy (non-hydrogen) atoms. The molecule has 124 valence electrons. The zero-order valence-electron chi connectivity index (χ0n) is 13.5. The van der Waals surface area contributed by atoms with Crippen molar-refractivity contribution in [3.63, 3.8) is 0 Å². The first kappa shape index (κ1) is 17.5. The predicted molar refractivity (Wildman–Crippen MR) is 87.2 cm³/mol. The largest absolute Gasteiger partial charge is 0.497 e. The van der Waals surface area contributed by atoms with Gasteiger partial charge in [0.15, 0.2) is 11.6 Å². The molecular formula is C19H17FO4. The summed E-state index contributed by atoms with van der Waals surface area (Å²) in [5.41, 5.74) is 1.49. The SMILES string of the molecule is COc1ccc(COCC#Cc2ccc(OC(C)=O)c(F)c2)cc1. The molecule has 0 bridgehead atoms. The van der Waals surface area contributed by atoms with Gasteiger partial charge in [0, 0.05) is 12.5 Å². The molecule has 0 saturated heterocycles. The maximum Gasteiger partial charge on any atom is 0.308 e. The number of carbonyl (C=O) groups excluding carboxylic acids is 1. The average Bonchev–Trinajstić information content (AvgIpc) is 2.57. The van der Waals surface area contributed by atoms with Gasteiger partial charge in [-0.3, -0.25) is 4.79 Å². The van der Waals surface area contributed by atoms with Gasteiger partial charge in [-0.1, -0.05) is 24.0 Å². The van der Waals surface area contributed by atoms with E-state index >= 15 is 0 Å². The van der Waals surface area contributed by atoms with Gasteiger partial charge < -0.3 is 14.2 Å². The van der Waals surface area contributed by atoms with Gasteiger partial charge in [-0.2, -0.15) is 0 Å². The van der Waals surface area contributed by atoms with Gasteiger partial charge >= 0.3 is 5.97 Å². The second-order valence-electron chi connectivity index (χ2n) is 4.88. The van der Waals surface area contributed by atoms with Crippen LogP contribution in [0.1, 0.15) is 18.1 Å². The van der Waals surface area contributed by atoms with Crippen molar-refractivity contribution in [2.24, 2.45) is 0 Å². The molecule has 2 rings (SSSR count). The van der Waals surface area contributed by atoms with Crippen LogP contribution >= 0.6 is 0 Å². The lowest BCUT2D eigenvalue weighted by Gasteiger charge is -2.03. The Hall–Kier alpha value is -2.84. The van der Waals surface area contributed by atoms with E-state index in [0.717, 1.165) is 11.3 Å². The highest BCUT2D eigenvalue weighted by molar-refractivity contribution is 5.69. The number of esters is 1. The van der Waals surface area contributed by atoms with Gasteiger partial charge in [0.05, 0.1) is 13.7 Å². The zero-order chi connectivity index (χ0) is 17.4. The molecule has 0 amide bonds. The summed E-state index contributed by atoms with van der Waals surface area (Å²) in [5.74, 6) is 5.09. The molecule has 5 heteroatoms. The number of halogens is 1. The molecule has 0 spiro atoms. The number of carbonyl (C=O) groups is 1. The summed E-state index contributed by atoms with van der Waals surface area (Å²) in [7, 11) is 1.61. The summed E-state index contributed by atoms with van der Waals surface area (Å²) in [6.45, 7) is 1.87. The van der Waals surface area contributed by atoms with Crippen LogP contribution < -0.4 is 9.47 Å². The van der Waals surface area contributed by atoms with E-state index in [1.54, 1.807) is 13.2 Å². The van der Waals surface area contributed by atoms with Crippen molar-refractivity contribution >= 4 is 5.97 Å². The third kappa shape index (κ3) is 5.41. The van der Waals surface area contributed by atoms with E-state index in [1.165, 1.54) is 19.1 Å². The van der Waals surface area contributed by atoms with Crippen LogP contribution in [-0.2, 0) is 16.1 Å². The second kappa shape index (κ2) is 8.70. The average molecular weight is 328 g/mol. The minimum Gasteiger partial charge on any atom is -0.497 e. The Morgan fingerprint density at radius 1 is 1.17 bits per heavy atom.